The number of ether oxygens (including phenoxy) is 2. The van der Waals surface area contributed by atoms with Crippen LogP contribution < -0.4 is 20.9 Å². The zero-order chi connectivity index (χ0) is 25.8. The highest BCUT2D eigenvalue weighted by atomic mass is 16.6. The lowest BCUT2D eigenvalue weighted by atomic mass is 9.97. The molecule has 9 nitrogen and oxygen atoms in total. The maximum Gasteiger partial charge on any atom is 0.412 e. The van der Waals surface area contributed by atoms with Gasteiger partial charge in [-0.25, -0.2) is 9.78 Å². The van der Waals surface area contributed by atoms with Gasteiger partial charge in [0.2, 0.25) is 0 Å². The lowest BCUT2D eigenvalue weighted by Crippen LogP contribution is -2.28. The van der Waals surface area contributed by atoms with Crippen molar-refractivity contribution < 1.29 is 19.1 Å². The molecule has 0 saturated heterocycles. The molecule has 186 valence electrons. The summed E-state index contributed by atoms with van der Waals surface area (Å²) in [6, 6.07) is 4.90. The van der Waals surface area contributed by atoms with E-state index in [0.29, 0.717) is 23.5 Å². The molecule has 34 heavy (non-hydrogen) atoms. The van der Waals surface area contributed by atoms with Crippen LogP contribution in [-0.4, -0.2) is 33.3 Å². The van der Waals surface area contributed by atoms with Gasteiger partial charge < -0.3 is 19.4 Å². The second-order valence-electron chi connectivity index (χ2n) is 10.4. The van der Waals surface area contributed by atoms with E-state index < -0.39 is 23.1 Å². The molecule has 1 heterocycles. The van der Waals surface area contributed by atoms with Gasteiger partial charge in [0, 0.05) is 29.9 Å². The monoisotopic (exact) mass is 472 g/mol. The molecule has 2 rings (SSSR count). The number of nitrogens with zero attached hydrogens (tertiary/aromatic N) is 2. The van der Waals surface area contributed by atoms with Crippen LogP contribution >= 0.6 is 0 Å². The molecule has 0 atom stereocenters. The largest absolute Gasteiger partial charge is 0.444 e. The molecule has 0 fully saturated rings. The van der Waals surface area contributed by atoms with E-state index in [1.165, 1.54) is 6.07 Å². The molecule has 0 aliphatic carbocycles. The third-order valence-electron chi connectivity index (χ3n) is 4.47. The quantitative estimate of drug-likeness (QED) is 0.447. The van der Waals surface area contributed by atoms with Gasteiger partial charge in [-0.1, -0.05) is 0 Å². The number of hydrogen-bond donors (Lipinski definition) is 2. The van der Waals surface area contributed by atoms with E-state index in [4.69, 9.17) is 9.47 Å². The first-order valence-corrected chi connectivity index (χ1v) is 11.3. The fourth-order valence-corrected chi connectivity index (χ4v) is 2.96. The standard InChI is InChI=1S/C25H36N4O5/c1-10-29-19(14-26-20(21(29)30)27-15(2)3)16-11-17(28-23(32)34-25(7,8)9)13-18(12-16)33-22(31)24(4,5)6/h11-15H,10H2,1-9H3,(H,26,27)(H,28,32). The molecule has 0 unspecified atom stereocenters. The van der Waals surface area contributed by atoms with Crippen molar-refractivity contribution in [2.24, 2.45) is 5.41 Å². The second-order valence-corrected chi connectivity index (χ2v) is 10.4. The zero-order valence-electron chi connectivity index (χ0n) is 21.5. The Labute approximate surface area is 200 Å². The lowest BCUT2D eigenvalue weighted by Gasteiger charge is -2.21. The minimum absolute atomic E-state index is 0.0427. The van der Waals surface area contributed by atoms with Crippen molar-refractivity contribution in [3.05, 3.63) is 34.7 Å². The minimum Gasteiger partial charge on any atom is -0.444 e. The molecular formula is C25H36N4O5. The first-order chi connectivity index (χ1) is 15.6. The molecule has 1 amide bonds. The summed E-state index contributed by atoms with van der Waals surface area (Å²) >= 11 is 0. The van der Waals surface area contributed by atoms with E-state index in [1.807, 2.05) is 20.8 Å². The molecule has 0 spiro atoms. The van der Waals surface area contributed by atoms with E-state index in [1.54, 1.807) is 64.4 Å². The van der Waals surface area contributed by atoms with Crippen molar-refractivity contribution in [2.45, 2.75) is 80.5 Å². The van der Waals surface area contributed by atoms with E-state index in [-0.39, 0.29) is 23.2 Å². The molecule has 9 heteroatoms. The van der Waals surface area contributed by atoms with E-state index in [9.17, 15) is 14.4 Å². The number of anilines is 2. The Hall–Kier alpha value is -3.36. The normalized spacial score (nSPS) is 11.8. The van der Waals surface area contributed by atoms with E-state index in [0.717, 1.165) is 0 Å². The number of aromatic nitrogens is 2. The SMILES string of the molecule is CCn1c(-c2cc(NC(=O)OC(C)(C)C)cc(OC(=O)C(C)(C)C)c2)cnc(NC(C)C)c1=O. The molecule has 2 N–H and O–H groups in total. The van der Waals surface area contributed by atoms with Crippen LogP contribution in [0.25, 0.3) is 11.3 Å². The van der Waals surface area contributed by atoms with E-state index >= 15 is 0 Å². The van der Waals surface area contributed by atoms with Gasteiger partial charge >= 0.3 is 12.1 Å². The average Bonchev–Trinajstić information content (AvgIpc) is 2.66. The molecule has 0 aliphatic rings. The molecular weight excluding hydrogens is 436 g/mol. The average molecular weight is 473 g/mol. The first kappa shape index (κ1) is 26.9. The molecule has 0 bridgehead atoms. The van der Waals surface area contributed by atoms with Gasteiger partial charge in [-0.2, -0.15) is 0 Å². The summed E-state index contributed by atoms with van der Waals surface area (Å²) in [4.78, 5) is 42.2. The molecule has 1 aromatic heterocycles. The molecule has 0 radical (unpaired) electrons. The number of amides is 1. The van der Waals surface area contributed by atoms with Crippen LogP contribution in [0.2, 0.25) is 0 Å². The predicted octanol–water partition coefficient (Wildman–Crippen LogP) is 5.05. The number of hydrogen-bond acceptors (Lipinski definition) is 7. The Morgan fingerprint density at radius 2 is 1.74 bits per heavy atom. The summed E-state index contributed by atoms with van der Waals surface area (Å²) in [6.07, 6.45) is 0.928. The Morgan fingerprint density at radius 1 is 1.09 bits per heavy atom. The van der Waals surface area contributed by atoms with Crippen molar-refractivity contribution in [1.82, 2.24) is 9.55 Å². The van der Waals surface area contributed by atoms with Crippen LogP contribution in [0.1, 0.15) is 62.3 Å². The molecule has 1 aromatic carbocycles. The van der Waals surface area contributed by atoms with Crippen LogP contribution in [0, 0.1) is 5.41 Å². The van der Waals surface area contributed by atoms with Gasteiger partial charge in [0.05, 0.1) is 17.3 Å². The summed E-state index contributed by atoms with van der Waals surface area (Å²) in [5.74, 6) is 0.0429. The smallest absolute Gasteiger partial charge is 0.412 e. The molecule has 0 saturated carbocycles. The summed E-state index contributed by atoms with van der Waals surface area (Å²) < 4.78 is 12.5. The van der Waals surface area contributed by atoms with Crippen LogP contribution in [0.15, 0.2) is 29.2 Å². The second kappa shape index (κ2) is 10.3. The fourth-order valence-electron chi connectivity index (χ4n) is 2.96. The van der Waals surface area contributed by atoms with Gasteiger partial charge in [0.15, 0.2) is 5.82 Å². The zero-order valence-corrected chi connectivity index (χ0v) is 21.5. The number of carbonyl (C=O) groups is 2. The van der Waals surface area contributed by atoms with Crippen LogP contribution in [0.5, 0.6) is 5.75 Å². The first-order valence-electron chi connectivity index (χ1n) is 11.3. The highest BCUT2D eigenvalue weighted by molar-refractivity contribution is 5.87. The summed E-state index contributed by atoms with van der Waals surface area (Å²) in [5, 5.41) is 5.73. The number of rotatable bonds is 6. The Kier molecular flexibility index (Phi) is 8.13. The van der Waals surface area contributed by atoms with Crippen molar-refractivity contribution in [3.63, 3.8) is 0 Å². The predicted molar refractivity (Wildman–Crippen MR) is 133 cm³/mol. The highest BCUT2D eigenvalue weighted by Gasteiger charge is 2.25. The Morgan fingerprint density at radius 3 is 2.26 bits per heavy atom. The number of benzene rings is 1. The van der Waals surface area contributed by atoms with Crippen LogP contribution in [0.4, 0.5) is 16.3 Å². The Bertz CT molecular complexity index is 1110. The maximum atomic E-state index is 13.0. The van der Waals surface area contributed by atoms with Gasteiger partial charge in [0.1, 0.15) is 11.4 Å². The summed E-state index contributed by atoms with van der Waals surface area (Å²) in [5.41, 5.74) is -0.271. The molecule has 0 aliphatic heterocycles. The van der Waals surface area contributed by atoms with Crippen molar-refractivity contribution in [1.29, 1.82) is 0 Å². The van der Waals surface area contributed by atoms with Gasteiger partial charge in [-0.05, 0) is 74.4 Å². The maximum absolute atomic E-state index is 13.0. The fraction of sp³-hybridized carbons (Fsp3) is 0.520. The summed E-state index contributed by atoms with van der Waals surface area (Å²) in [7, 11) is 0. The molecule has 2 aromatic rings. The van der Waals surface area contributed by atoms with Crippen molar-refractivity contribution >= 4 is 23.6 Å². The lowest BCUT2D eigenvalue weighted by molar-refractivity contribution is -0.142. The van der Waals surface area contributed by atoms with Crippen molar-refractivity contribution in [3.8, 4) is 17.0 Å². The number of nitrogens with one attached hydrogen (secondary N) is 2. The number of carbonyl (C=O) groups excluding carboxylic acids is 2. The summed E-state index contributed by atoms with van der Waals surface area (Å²) in [6.45, 7) is 16.6. The van der Waals surface area contributed by atoms with Crippen molar-refractivity contribution in [2.75, 3.05) is 10.6 Å². The highest BCUT2D eigenvalue weighted by Crippen LogP contribution is 2.30. The van der Waals surface area contributed by atoms with Gasteiger partial charge in [-0.15, -0.1) is 0 Å². The third-order valence-corrected chi connectivity index (χ3v) is 4.47. The minimum atomic E-state index is -0.730. The van der Waals surface area contributed by atoms with E-state index in [2.05, 4.69) is 15.6 Å². The van der Waals surface area contributed by atoms with Crippen LogP contribution in [-0.2, 0) is 16.1 Å². The topological polar surface area (TPSA) is 112 Å². The van der Waals surface area contributed by atoms with Gasteiger partial charge in [0.25, 0.3) is 5.56 Å². The Balaban J connectivity index is 2.59. The third kappa shape index (κ3) is 7.33. The van der Waals surface area contributed by atoms with Gasteiger partial charge in [-0.3, -0.25) is 14.9 Å². The van der Waals surface area contributed by atoms with Crippen LogP contribution in [0.3, 0.4) is 0 Å². The number of esters is 1.